The quantitative estimate of drug-likeness (QED) is 0.775. The van der Waals surface area contributed by atoms with Crippen molar-refractivity contribution in [2.45, 2.75) is 24.9 Å². The molecule has 2 fully saturated rings. The molecule has 2 saturated heterocycles. The van der Waals surface area contributed by atoms with Crippen LogP contribution >= 0.6 is 0 Å². The molecule has 1 aromatic rings. The van der Waals surface area contributed by atoms with Gasteiger partial charge in [-0.15, -0.1) is 0 Å². The van der Waals surface area contributed by atoms with Crippen molar-refractivity contribution in [2.24, 2.45) is 0 Å². The standard InChI is InChI=1S/C17H25N5O4/c23-15(14-12-18-4-5-19-14)21-6-1-2-17(25,3-7-21)13-20-16(24)22-8-10-26-11-9-22/h4-5,12,25H,1-3,6-11,13H2,(H,20,24)/t17-/m1/s1. The summed E-state index contributed by atoms with van der Waals surface area (Å²) in [5.74, 6) is -0.181. The minimum atomic E-state index is -1.01. The average Bonchev–Trinajstić information content (AvgIpc) is 2.89. The van der Waals surface area contributed by atoms with Gasteiger partial charge in [-0.1, -0.05) is 0 Å². The topological polar surface area (TPSA) is 108 Å². The van der Waals surface area contributed by atoms with Crippen LogP contribution in [0.2, 0.25) is 0 Å². The van der Waals surface area contributed by atoms with Gasteiger partial charge in [0, 0.05) is 45.1 Å². The maximum absolute atomic E-state index is 12.5. The van der Waals surface area contributed by atoms with Crippen LogP contribution in [0.4, 0.5) is 4.79 Å². The van der Waals surface area contributed by atoms with Gasteiger partial charge in [0.1, 0.15) is 5.69 Å². The highest BCUT2D eigenvalue weighted by atomic mass is 16.5. The first-order valence-electron chi connectivity index (χ1n) is 8.96. The molecule has 26 heavy (non-hydrogen) atoms. The lowest BCUT2D eigenvalue weighted by molar-refractivity contribution is 0.0227. The van der Waals surface area contributed by atoms with Crippen molar-refractivity contribution in [2.75, 3.05) is 45.9 Å². The number of ether oxygens (including phenoxy) is 1. The van der Waals surface area contributed by atoms with Crippen molar-refractivity contribution >= 4 is 11.9 Å². The fraction of sp³-hybridized carbons (Fsp3) is 0.647. The molecule has 2 aliphatic heterocycles. The van der Waals surface area contributed by atoms with Crippen LogP contribution in [-0.2, 0) is 4.74 Å². The van der Waals surface area contributed by atoms with E-state index in [0.717, 1.165) is 0 Å². The first-order chi connectivity index (χ1) is 12.6. The number of hydrogen-bond acceptors (Lipinski definition) is 6. The molecule has 2 aliphatic rings. The van der Waals surface area contributed by atoms with Crippen molar-refractivity contribution in [3.63, 3.8) is 0 Å². The van der Waals surface area contributed by atoms with E-state index in [0.29, 0.717) is 64.3 Å². The van der Waals surface area contributed by atoms with Gasteiger partial charge in [-0.2, -0.15) is 0 Å². The average molecular weight is 363 g/mol. The minimum Gasteiger partial charge on any atom is -0.388 e. The lowest BCUT2D eigenvalue weighted by atomic mass is 9.95. The van der Waals surface area contributed by atoms with E-state index in [2.05, 4.69) is 15.3 Å². The molecule has 142 valence electrons. The molecular formula is C17H25N5O4. The summed E-state index contributed by atoms with van der Waals surface area (Å²) in [6.07, 6.45) is 6.05. The van der Waals surface area contributed by atoms with Gasteiger partial charge in [0.2, 0.25) is 0 Å². The van der Waals surface area contributed by atoms with Crippen LogP contribution in [0.1, 0.15) is 29.8 Å². The number of aromatic nitrogens is 2. The number of amides is 3. The molecule has 2 N–H and O–H groups in total. The Kier molecular flexibility index (Phi) is 6.00. The third kappa shape index (κ3) is 4.67. The van der Waals surface area contributed by atoms with Gasteiger partial charge in [-0.25, -0.2) is 9.78 Å². The van der Waals surface area contributed by atoms with E-state index in [1.165, 1.54) is 18.6 Å². The number of likely N-dealkylation sites (tertiary alicyclic amines) is 1. The molecule has 1 atom stereocenters. The Bertz CT molecular complexity index is 623. The number of carbonyl (C=O) groups excluding carboxylic acids is 2. The van der Waals surface area contributed by atoms with Crippen LogP contribution in [0.15, 0.2) is 18.6 Å². The maximum atomic E-state index is 12.5. The number of aliphatic hydroxyl groups is 1. The Morgan fingerprint density at radius 3 is 2.69 bits per heavy atom. The van der Waals surface area contributed by atoms with Crippen LogP contribution in [0.25, 0.3) is 0 Å². The monoisotopic (exact) mass is 363 g/mol. The van der Waals surface area contributed by atoms with Crippen LogP contribution in [-0.4, -0.2) is 88.4 Å². The Balaban J connectivity index is 1.52. The molecule has 0 aliphatic carbocycles. The molecule has 0 saturated carbocycles. The third-order valence-electron chi connectivity index (χ3n) is 4.85. The largest absolute Gasteiger partial charge is 0.388 e. The number of carbonyl (C=O) groups is 2. The molecule has 3 heterocycles. The van der Waals surface area contributed by atoms with Gasteiger partial charge in [0.05, 0.1) is 25.0 Å². The van der Waals surface area contributed by atoms with Crippen LogP contribution in [0, 0.1) is 0 Å². The van der Waals surface area contributed by atoms with E-state index in [9.17, 15) is 14.7 Å². The van der Waals surface area contributed by atoms with E-state index >= 15 is 0 Å². The van der Waals surface area contributed by atoms with Crippen LogP contribution < -0.4 is 5.32 Å². The van der Waals surface area contributed by atoms with Crippen molar-refractivity contribution in [1.29, 1.82) is 0 Å². The fourth-order valence-electron chi connectivity index (χ4n) is 3.25. The Hall–Kier alpha value is -2.26. The SMILES string of the molecule is O=C(NC[C@@]1(O)CCCN(C(=O)c2cnccn2)CC1)N1CCOCC1. The minimum absolute atomic E-state index is 0.177. The molecule has 0 spiro atoms. The van der Waals surface area contributed by atoms with Gasteiger partial charge in [-0.05, 0) is 19.3 Å². The zero-order valence-electron chi connectivity index (χ0n) is 14.8. The summed E-state index contributed by atoms with van der Waals surface area (Å²) in [6.45, 7) is 3.34. The smallest absolute Gasteiger partial charge is 0.317 e. The third-order valence-corrected chi connectivity index (χ3v) is 4.85. The van der Waals surface area contributed by atoms with Gasteiger partial charge >= 0.3 is 6.03 Å². The zero-order chi connectivity index (χ0) is 18.4. The summed E-state index contributed by atoms with van der Waals surface area (Å²) in [5, 5.41) is 13.7. The number of urea groups is 1. The van der Waals surface area contributed by atoms with Crippen molar-refractivity contribution in [3.05, 3.63) is 24.3 Å². The molecular weight excluding hydrogens is 338 g/mol. The summed E-state index contributed by atoms with van der Waals surface area (Å²) in [6, 6.07) is -0.182. The summed E-state index contributed by atoms with van der Waals surface area (Å²) in [7, 11) is 0. The summed E-state index contributed by atoms with van der Waals surface area (Å²) in [4.78, 5) is 36.0. The summed E-state index contributed by atoms with van der Waals surface area (Å²) < 4.78 is 5.23. The second-order valence-corrected chi connectivity index (χ2v) is 6.72. The first kappa shape index (κ1) is 18.5. The van der Waals surface area contributed by atoms with Gasteiger partial charge in [0.25, 0.3) is 5.91 Å². The first-order valence-corrected chi connectivity index (χ1v) is 8.96. The lowest BCUT2D eigenvalue weighted by Crippen LogP contribution is -2.51. The van der Waals surface area contributed by atoms with Crippen molar-refractivity contribution in [1.82, 2.24) is 25.1 Å². The van der Waals surface area contributed by atoms with Crippen LogP contribution in [0.3, 0.4) is 0 Å². The highest BCUT2D eigenvalue weighted by molar-refractivity contribution is 5.91. The van der Waals surface area contributed by atoms with Gasteiger partial charge < -0.3 is 25.0 Å². The second kappa shape index (κ2) is 8.41. The molecule has 0 unspecified atom stereocenters. The van der Waals surface area contributed by atoms with E-state index in [1.807, 2.05) is 0 Å². The van der Waals surface area contributed by atoms with Crippen LogP contribution in [0.5, 0.6) is 0 Å². The molecule has 9 nitrogen and oxygen atoms in total. The maximum Gasteiger partial charge on any atom is 0.317 e. The van der Waals surface area contributed by atoms with E-state index < -0.39 is 5.60 Å². The Morgan fingerprint density at radius 1 is 1.15 bits per heavy atom. The number of nitrogens with zero attached hydrogens (tertiary/aromatic N) is 4. The van der Waals surface area contributed by atoms with Gasteiger partial charge in [0.15, 0.2) is 0 Å². The summed E-state index contributed by atoms with van der Waals surface area (Å²) >= 11 is 0. The molecule has 0 radical (unpaired) electrons. The highest BCUT2D eigenvalue weighted by Gasteiger charge is 2.33. The number of morpholine rings is 1. The lowest BCUT2D eigenvalue weighted by Gasteiger charge is -2.31. The number of nitrogens with one attached hydrogen (secondary N) is 1. The Labute approximate surface area is 152 Å². The predicted octanol–water partition coefficient (Wildman–Crippen LogP) is -0.124. The van der Waals surface area contributed by atoms with Crippen molar-refractivity contribution in [3.8, 4) is 0 Å². The Morgan fingerprint density at radius 2 is 1.96 bits per heavy atom. The number of rotatable bonds is 3. The van der Waals surface area contributed by atoms with E-state index in [-0.39, 0.29) is 18.5 Å². The van der Waals surface area contributed by atoms with E-state index in [4.69, 9.17) is 4.74 Å². The highest BCUT2D eigenvalue weighted by Crippen LogP contribution is 2.22. The van der Waals surface area contributed by atoms with Gasteiger partial charge in [-0.3, -0.25) is 9.78 Å². The molecule has 3 rings (SSSR count). The fourth-order valence-corrected chi connectivity index (χ4v) is 3.25. The second-order valence-electron chi connectivity index (χ2n) is 6.72. The number of hydrogen-bond donors (Lipinski definition) is 2. The molecule has 9 heteroatoms. The molecule has 0 bridgehead atoms. The van der Waals surface area contributed by atoms with E-state index in [1.54, 1.807) is 9.80 Å². The van der Waals surface area contributed by atoms with Crippen molar-refractivity contribution < 1.29 is 19.4 Å². The normalized spacial score (nSPS) is 24.0. The molecule has 1 aromatic heterocycles. The molecule has 3 amide bonds. The molecule has 0 aromatic carbocycles. The summed E-state index contributed by atoms with van der Waals surface area (Å²) in [5.41, 5.74) is -0.710. The zero-order valence-corrected chi connectivity index (χ0v) is 14.8. The predicted molar refractivity (Wildman–Crippen MR) is 92.5 cm³/mol.